The Morgan fingerprint density at radius 2 is 1.49 bits per heavy atom. The minimum absolute atomic E-state index is 0.0203. The van der Waals surface area contributed by atoms with Gasteiger partial charge in [0.1, 0.15) is 5.60 Å². The van der Waals surface area contributed by atoms with Crippen molar-refractivity contribution in [2.75, 3.05) is 53.6 Å². The normalized spacial score (nSPS) is 17.0. The molecule has 0 aromatic heterocycles. The fraction of sp³-hybridized carbons (Fsp3) is 0.611. The number of hydrogen-bond acceptors (Lipinski definition) is 7. The van der Waals surface area contributed by atoms with Gasteiger partial charge in [-0.2, -0.15) is 0 Å². The van der Waals surface area contributed by atoms with Crippen LogP contribution >= 0.6 is 0 Å². The van der Waals surface area contributed by atoms with Crippen molar-refractivity contribution in [1.82, 2.24) is 14.7 Å². The van der Waals surface area contributed by atoms with Gasteiger partial charge in [0.25, 0.3) is 5.91 Å². The fourth-order valence-electron chi connectivity index (χ4n) is 5.74. The fourth-order valence-corrected chi connectivity index (χ4v) is 5.74. The molecule has 0 radical (unpaired) electrons. The van der Waals surface area contributed by atoms with Crippen LogP contribution in [0, 0.1) is 11.8 Å². The number of carbonyl (C=O) groups is 2. The number of amides is 2. The summed E-state index contributed by atoms with van der Waals surface area (Å²) in [6.45, 7) is 18.5. The molecule has 1 saturated heterocycles. The van der Waals surface area contributed by atoms with Gasteiger partial charge in [-0.15, -0.1) is 0 Å². The van der Waals surface area contributed by atoms with Crippen LogP contribution in [0.15, 0.2) is 48.5 Å². The molecule has 0 N–H and O–H groups in total. The minimum Gasteiger partial charge on any atom is -0.493 e. The Bertz CT molecular complexity index is 1210. The highest BCUT2D eigenvalue weighted by atomic mass is 16.6. The Morgan fingerprint density at radius 1 is 0.867 bits per heavy atom. The minimum atomic E-state index is -0.579. The van der Waals surface area contributed by atoms with Gasteiger partial charge in [0, 0.05) is 70.5 Å². The zero-order chi connectivity index (χ0) is 33.1. The van der Waals surface area contributed by atoms with E-state index in [9.17, 15) is 9.59 Å². The number of ether oxygens (including phenoxy) is 4. The van der Waals surface area contributed by atoms with E-state index in [1.54, 1.807) is 32.4 Å². The number of likely N-dealkylation sites (tertiary alicyclic amines) is 1. The van der Waals surface area contributed by atoms with E-state index >= 15 is 0 Å². The second-order valence-electron chi connectivity index (χ2n) is 13.5. The number of rotatable bonds is 15. The lowest BCUT2D eigenvalue weighted by Crippen LogP contribution is -2.47. The van der Waals surface area contributed by atoms with E-state index in [1.807, 2.05) is 50.5 Å². The molecule has 2 aromatic rings. The lowest BCUT2D eigenvalue weighted by atomic mass is 9.93. The quantitative estimate of drug-likeness (QED) is 0.213. The molecule has 0 spiro atoms. The van der Waals surface area contributed by atoms with Crippen LogP contribution < -0.4 is 9.47 Å². The Kier molecular flexibility index (Phi) is 13.5. The van der Waals surface area contributed by atoms with Crippen molar-refractivity contribution in [2.45, 2.75) is 79.1 Å². The van der Waals surface area contributed by atoms with Crippen molar-refractivity contribution in [3.63, 3.8) is 0 Å². The third-order valence-corrected chi connectivity index (χ3v) is 8.06. The lowest BCUT2D eigenvalue weighted by Gasteiger charge is -2.35. The van der Waals surface area contributed by atoms with E-state index in [-0.39, 0.29) is 35.9 Å². The molecular weight excluding hydrogens is 570 g/mol. The highest BCUT2D eigenvalue weighted by Gasteiger charge is 2.38. The summed E-state index contributed by atoms with van der Waals surface area (Å²) in [4.78, 5) is 33.6. The van der Waals surface area contributed by atoms with Gasteiger partial charge in [-0.05, 0) is 84.1 Å². The molecule has 1 aliphatic rings. The molecule has 0 aliphatic carbocycles. The smallest absolute Gasteiger partial charge is 0.410 e. The molecule has 1 heterocycles. The number of carbonyl (C=O) groups excluding carboxylic acids is 2. The highest BCUT2D eigenvalue weighted by Crippen LogP contribution is 2.32. The summed E-state index contributed by atoms with van der Waals surface area (Å²) in [5.41, 5.74) is 1.22. The van der Waals surface area contributed by atoms with E-state index < -0.39 is 5.60 Å². The standard InChI is InChI=1S/C36H55N3O6/c1-26(2)38(34(40)29-16-17-32(43-9)33(20-29)44-19-13-18-42-8)24-30-22-37(21-28-14-11-10-12-15-28)23-31(30)25-39(27(3)4)35(41)45-36(5,6)7/h10-12,14-17,20,26-27,30-31H,13,18-19,21-25H2,1-9H3. The molecule has 250 valence electrons. The zero-order valence-electron chi connectivity index (χ0n) is 28.9. The first-order valence-electron chi connectivity index (χ1n) is 16.2. The SMILES string of the molecule is COCCCOc1cc(C(=O)N(CC2CN(Cc3ccccc3)CC2CN(C(=O)OC(C)(C)C)C(C)C)C(C)C)ccc1OC. The van der Waals surface area contributed by atoms with Gasteiger partial charge in [0.2, 0.25) is 0 Å². The number of methoxy groups -OCH3 is 2. The Balaban J connectivity index is 1.86. The molecule has 45 heavy (non-hydrogen) atoms. The van der Waals surface area contributed by atoms with Crippen molar-refractivity contribution in [1.29, 1.82) is 0 Å². The topological polar surface area (TPSA) is 80.8 Å². The molecule has 2 atom stereocenters. The van der Waals surface area contributed by atoms with E-state index in [0.29, 0.717) is 43.4 Å². The summed E-state index contributed by atoms with van der Waals surface area (Å²) in [5, 5.41) is 0. The first kappa shape index (κ1) is 36.2. The molecule has 0 saturated carbocycles. The lowest BCUT2D eigenvalue weighted by molar-refractivity contribution is 0.0137. The molecular formula is C36H55N3O6. The third kappa shape index (κ3) is 10.9. The molecule has 1 aliphatic heterocycles. The summed E-state index contributed by atoms with van der Waals surface area (Å²) in [6.07, 6.45) is 0.431. The largest absolute Gasteiger partial charge is 0.493 e. The number of nitrogens with zero attached hydrogens (tertiary/aromatic N) is 3. The maximum atomic E-state index is 14.1. The summed E-state index contributed by atoms with van der Waals surface area (Å²) >= 11 is 0. The second-order valence-corrected chi connectivity index (χ2v) is 13.5. The van der Waals surface area contributed by atoms with Crippen molar-refractivity contribution in [2.24, 2.45) is 11.8 Å². The van der Waals surface area contributed by atoms with Crippen molar-refractivity contribution in [3.8, 4) is 11.5 Å². The van der Waals surface area contributed by atoms with Crippen LogP contribution in [0.25, 0.3) is 0 Å². The van der Waals surface area contributed by atoms with E-state index in [4.69, 9.17) is 18.9 Å². The molecule has 1 fully saturated rings. The van der Waals surface area contributed by atoms with Crippen molar-refractivity contribution < 1.29 is 28.5 Å². The Hall–Kier alpha value is -3.30. The molecule has 2 aromatic carbocycles. The second kappa shape index (κ2) is 16.9. The van der Waals surface area contributed by atoms with Crippen LogP contribution in [0.5, 0.6) is 11.5 Å². The number of hydrogen-bond donors (Lipinski definition) is 0. The first-order chi connectivity index (χ1) is 21.3. The molecule has 2 amide bonds. The molecule has 9 heteroatoms. The zero-order valence-corrected chi connectivity index (χ0v) is 28.9. The molecule has 3 rings (SSSR count). The van der Waals surface area contributed by atoms with Crippen LogP contribution in [-0.4, -0.2) is 98.0 Å². The predicted molar refractivity (Wildman–Crippen MR) is 178 cm³/mol. The van der Waals surface area contributed by atoms with Gasteiger partial charge in [-0.3, -0.25) is 9.69 Å². The molecule has 2 unspecified atom stereocenters. The molecule has 0 bridgehead atoms. The monoisotopic (exact) mass is 625 g/mol. The van der Waals surface area contributed by atoms with Gasteiger partial charge >= 0.3 is 6.09 Å². The van der Waals surface area contributed by atoms with Gasteiger partial charge in [-0.1, -0.05) is 30.3 Å². The number of benzene rings is 2. The Labute approximate surface area is 270 Å². The summed E-state index contributed by atoms with van der Waals surface area (Å²) in [6, 6.07) is 15.8. The third-order valence-electron chi connectivity index (χ3n) is 8.06. The predicted octanol–water partition coefficient (Wildman–Crippen LogP) is 6.35. The summed E-state index contributed by atoms with van der Waals surface area (Å²) in [5.74, 6) is 1.40. The maximum absolute atomic E-state index is 14.1. The van der Waals surface area contributed by atoms with Crippen LogP contribution in [0.4, 0.5) is 4.79 Å². The van der Waals surface area contributed by atoms with E-state index in [0.717, 1.165) is 26.1 Å². The summed E-state index contributed by atoms with van der Waals surface area (Å²) in [7, 11) is 3.26. The van der Waals surface area contributed by atoms with Gasteiger partial charge in [0.15, 0.2) is 11.5 Å². The van der Waals surface area contributed by atoms with Crippen LogP contribution in [0.1, 0.15) is 70.8 Å². The Morgan fingerprint density at radius 3 is 2.04 bits per heavy atom. The molecule has 9 nitrogen and oxygen atoms in total. The summed E-state index contributed by atoms with van der Waals surface area (Å²) < 4.78 is 22.4. The van der Waals surface area contributed by atoms with Crippen molar-refractivity contribution in [3.05, 3.63) is 59.7 Å². The first-order valence-corrected chi connectivity index (χ1v) is 16.2. The van der Waals surface area contributed by atoms with E-state index in [2.05, 4.69) is 43.0 Å². The van der Waals surface area contributed by atoms with Crippen LogP contribution in [-0.2, 0) is 16.0 Å². The van der Waals surface area contributed by atoms with Gasteiger partial charge in [-0.25, -0.2) is 4.79 Å². The average Bonchev–Trinajstić information content (AvgIpc) is 3.36. The highest BCUT2D eigenvalue weighted by molar-refractivity contribution is 5.95. The van der Waals surface area contributed by atoms with Crippen LogP contribution in [0.3, 0.4) is 0 Å². The maximum Gasteiger partial charge on any atom is 0.410 e. The van der Waals surface area contributed by atoms with Crippen LogP contribution in [0.2, 0.25) is 0 Å². The average molecular weight is 626 g/mol. The van der Waals surface area contributed by atoms with Crippen molar-refractivity contribution >= 4 is 12.0 Å². The van der Waals surface area contributed by atoms with E-state index in [1.165, 1.54) is 5.56 Å². The van der Waals surface area contributed by atoms with Gasteiger partial charge in [0.05, 0.1) is 13.7 Å². The van der Waals surface area contributed by atoms with Gasteiger partial charge < -0.3 is 28.7 Å².